The average Bonchev–Trinajstić information content (AvgIpc) is 2.04. The Hall–Kier alpha value is -0.0800. The van der Waals surface area contributed by atoms with Crippen molar-refractivity contribution in [3.05, 3.63) is 0 Å². The van der Waals surface area contributed by atoms with Gasteiger partial charge in [0.05, 0.1) is 0 Å². The highest BCUT2D eigenvalue weighted by Gasteiger charge is 2.07. The van der Waals surface area contributed by atoms with Crippen LogP contribution < -0.4 is 5.73 Å². The van der Waals surface area contributed by atoms with Crippen molar-refractivity contribution in [1.82, 2.24) is 4.90 Å². The van der Waals surface area contributed by atoms with E-state index in [9.17, 15) is 0 Å². The Labute approximate surface area is 83.5 Å². The minimum absolute atomic E-state index is 0.356. The predicted molar refractivity (Wildman–Crippen MR) is 59.9 cm³/mol. The van der Waals surface area contributed by atoms with Gasteiger partial charge in [0, 0.05) is 12.1 Å². The number of nitrogens with zero attached hydrogens (tertiary/aromatic N) is 1. The molecule has 0 saturated heterocycles. The fraction of sp³-hybridized carbons (Fsp3) is 1.00. The maximum absolute atomic E-state index is 5.69. The van der Waals surface area contributed by atoms with Gasteiger partial charge < -0.3 is 10.6 Å². The van der Waals surface area contributed by atoms with Gasteiger partial charge in [-0.05, 0) is 46.7 Å². The van der Waals surface area contributed by atoms with Crippen LogP contribution in [-0.2, 0) is 0 Å². The maximum Gasteiger partial charge on any atom is 0.00637 e. The molecule has 0 amide bonds. The molecule has 13 heavy (non-hydrogen) atoms. The van der Waals surface area contributed by atoms with Gasteiger partial charge in [-0.2, -0.15) is 0 Å². The molecule has 0 aliphatic rings. The molecule has 0 saturated carbocycles. The summed E-state index contributed by atoms with van der Waals surface area (Å²) in [6, 6.07) is 1.08. The molecule has 2 unspecified atom stereocenters. The van der Waals surface area contributed by atoms with E-state index < -0.39 is 0 Å². The molecule has 2 heteroatoms. The second-order valence-electron chi connectivity index (χ2n) is 4.24. The fourth-order valence-electron chi connectivity index (χ4n) is 1.52. The van der Waals surface area contributed by atoms with Crippen LogP contribution in [0.1, 0.15) is 46.5 Å². The van der Waals surface area contributed by atoms with E-state index in [-0.39, 0.29) is 0 Å². The molecule has 0 rings (SSSR count). The summed E-state index contributed by atoms with van der Waals surface area (Å²) in [6.07, 6.45) is 4.94. The van der Waals surface area contributed by atoms with Gasteiger partial charge in [0.2, 0.25) is 0 Å². The largest absolute Gasteiger partial charge is 0.328 e. The summed E-state index contributed by atoms with van der Waals surface area (Å²) < 4.78 is 0. The number of hydrogen-bond acceptors (Lipinski definition) is 2. The first-order valence-corrected chi connectivity index (χ1v) is 5.53. The van der Waals surface area contributed by atoms with Gasteiger partial charge in [0.15, 0.2) is 0 Å². The van der Waals surface area contributed by atoms with E-state index in [2.05, 4.69) is 32.7 Å². The summed E-state index contributed by atoms with van der Waals surface area (Å²) in [4.78, 5) is 2.44. The van der Waals surface area contributed by atoms with Crippen molar-refractivity contribution >= 4 is 0 Å². The molecule has 0 aromatic heterocycles. The first-order valence-electron chi connectivity index (χ1n) is 5.53. The van der Waals surface area contributed by atoms with Gasteiger partial charge >= 0.3 is 0 Å². The third kappa shape index (κ3) is 7.03. The Bertz CT molecular complexity index is 113. The monoisotopic (exact) mass is 186 g/mol. The van der Waals surface area contributed by atoms with Crippen LogP contribution in [0.15, 0.2) is 0 Å². The standard InChI is InChI=1S/C11H26N2/c1-5-7-11(3)13(4)9-6-8-10(2)12/h10-11H,5-9,12H2,1-4H3. The summed E-state index contributed by atoms with van der Waals surface area (Å²) in [7, 11) is 2.21. The molecule has 0 aliphatic heterocycles. The van der Waals surface area contributed by atoms with E-state index in [0.717, 1.165) is 12.5 Å². The van der Waals surface area contributed by atoms with Crippen LogP contribution in [0.3, 0.4) is 0 Å². The third-order valence-electron chi connectivity index (χ3n) is 2.63. The molecule has 2 nitrogen and oxygen atoms in total. The van der Waals surface area contributed by atoms with Crippen LogP contribution in [0.5, 0.6) is 0 Å². The summed E-state index contributed by atoms with van der Waals surface area (Å²) in [5.74, 6) is 0. The van der Waals surface area contributed by atoms with Crippen LogP contribution in [0.4, 0.5) is 0 Å². The molecule has 2 atom stereocenters. The molecule has 0 fully saturated rings. The first-order chi connectivity index (χ1) is 6.07. The summed E-state index contributed by atoms with van der Waals surface area (Å²) in [5, 5.41) is 0. The highest BCUT2D eigenvalue weighted by Crippen LogP contribution is 2.05. The highest BCUT2D eigenvalue weighted by atomic mass is 15.1. The fourth-order valence-corrected chi connectivity index (χ4v) is 1.52. The topological polar surface area (TPSA) is 29.3 Å². The molecule has 2 N–H and O–H groups in total. The van der Waals surface area contributed by atoms with Crippen molar-refractivity contribution in [2.75, 3.05) is 13.6 Å². The van der Waals surface area contributed by atoms with E-state index in [1.54, 1.807) is 0 Å². The Balaban J connectivity index is 3.43. The Morgan fingerprint density at radius 2 is 1.85 bits per heavy atom. The maximum atomic E-state index is 5.69. The normalized spacial score (nSPS) is 16.2. The Kier molecular flexibility index (Phi) is 7.29. The molecule has 0 heterocycles. The van der Waals surface area contributed by atoms with E-state index in [1.165, 1.54) is 25.8 Å². The van der Waals surface area contributed by atoms with E-state index in [1.807, 2.05) is 0 Å². The number of nitrogens with two attached hydrogens (primary N) is 1. The van der Waals surface area contributed by atoms with Crippen molar-refractivity contribution in [2.45, 2.75) is 58.5 Å². The SMILES string of the molecule is CCCC(C)N(C)CCCC(C)N. The van der Waals surface area contributed by atoms with E-state index in [0.29, 0.717) is 6.04 Å². The van der Waals surface area contributed by atoms with Crippen molar-refractivity contribution in [1.29, 1.82) is 0 Å². The van der Waals surface area contributed by atoms with Gasteiger partial charge in [-0.25, -0.2) is 0 Å². The lowest BCUT2D eigenvalue weighted by Gasteiger charge is -2.24. The lowest BCUT2D eigenvalue weighted by Crippen LogP contribution is -2.30. The second kappa shape index (κ2) is 7.34. The first kappa shape index (κ1) is 12.9. The molecule has 0 radical (unpaired) electrons. The zero-order valence-electron chi connectivity index (χ0n) is 9.71. The smallest absolute Gasteiger partial charge is 0.00637 e. The van der Waals surface area contributed by atoms with Gasteiger partial charge in [-0.15, -0.1) is 0 Å². The number of rotatable bonds is 7. The molecule has 0 aromatic carbocycles. The Morgan fingerprint density at radius 3 is 2.31 bits per heavy atom. The second-order valence-corrected chi connectivity index (χ2v) is 4.24. The zero-order valence-corrected chi connectivity index (χ0v) is 9.71. The van der Waals surface area contributed by atoms with Crippen LogP contribution in [-0.4, -0.2) is 30.6 Å². The summed E-state index contributed by atoms with van der Waals surface area (Å²) in [5.41, 5.74) is 5.69. The van der Waals surface area contributed by atoms with Crippen molar-refractivity contribution in [2.24, 2.45) is 5.73 Å². The zero-order chi connectivity index (χ0) is 10.3. The minimum atomic E-state index is 0.356. The molecule has 0 aliphatic carbocycles. The molecular weight excluding hydrogens is 160 g/mol. The van der Waals surface area contributed by atoms with E-state index in [4.69, 9.17) is 5.73 Å². The average molecular weight is 186 g/mol. The molecule has 0 aromatic rings. The van der Waals surface area contributed by atoms with Crippen molar-refractivity contribution < 1.29 is 0 Å². The summed E-state index contributed by atoms with van der Waals surface area (Å²) in [6.45, 7) is 7.81. The Morgan fingerprint density at radius 1 is 1.23 bits per heavy atom. The van der Waals surface area contributed by atoms with Crippen LogP contribution in [0.25, 0.3) is 0 Å². The highest BCUT2D eigenvalue weighted by molar-refractivity contribution is 4.63. The van der Waals surface area contributed by atoms with Gasteiger partial charge in [-0.1, -0.05) is 13.3 Å². The molecular formula is C11H26N2. The molecule has 0 bridgehead atoms. The van der Waals surface area contributed by atoms with Crippen LogP contribution >= 0.6 is 0 Å². The van der Waals surface area contributed by atoms with Crippen LogP contribution in [0.2, 0.25) is 0 Å². The number of hydrogen-bond donors (Lipinski definition) is 1. The van der Waals surface area contributed by atoms with Crippen molar-refractivity contribution in [3.63, 3.8) is 0 Å². The lowest BCUT2D eigenvalue weighted by molar-refractivity contribution is 0.239. The van der Waals surface area contributed by atoms with Crippen LogP contribution in [0, 0.1) is 0 Å². The lowest BCUT2D eigenvalue weighted by atomic mass is 10.1. The minimum Gasteiger partial charge on any atom is -0.328 e. The quantitative estimate of drug-likeness (QED) is 0.660. The van der Waals surface area contributed by atoms with Gasteiger partial charge in [0.1, 0.15) is 0 Å². The van der Waals surface area contributed by atoms with Gasteiger partial charge in [0.25, 0.3) is 0 Å². The molecule has 0 spiro atoms. The third-order valence-corrected chi connectivity index (χ3v) is 2.63. The van der Waals surface area contributed by atoms with E-state index >= 15 is 0 Å². The summed E-state index contributed by atoms with van der Waals surface area (Å²) >= 11 is 0. The molecule has 80 valence electrons. The van der Waals surface area contributed by atoms with Gasteiger partial charge in [-0.3, -0.25) is 0 Å². The predicted octanol–water partition coefficient (Wildman–Crippen LogP) is 2.23. The van der Waals surface area contributed by atoms with Crippen molar-refractivity contribution in [3.8, 4) is 0 Å².